The number of carbonyl (C=O) groups excluding carboxylic acids is 3. The maximum atomic E-state index is 11.5. The summed E-state index contributed by atoms with van der Waals surface area (Å²) in [5.74, 6) is 0.427. The lowest BCUT2D eigenvalue weighted by Gasteiger charge is -2.33. The number of allylic oxidation sites excluding steroid dienone is 1. The summed E-state index contributed by atoms with van der Waals surface area (Å²) in [5, 5.41) is 32.1. The Hall–Kier alpha value is -4.05. The van der Waals surface area contributed by atoms with E-state index in [1.807, 2.05) is 19.9 Å². The Labute approximate surface area is 367 Å². The van der Waals surface area contributed by atoms with Crippen molar-refractivity contribution in [2.24, 2.45) is 46.4 Å². The van der Waals surface area contributed by atoms with Gasteiger partial charge >= 0.3 is 23.9 Å². The summed E-state index contributed by atoms with van der Waals surface area (Å²) < 4.78 is 25.9. The highest BCUT2D eigenvalue weighted by molar-refractivity contribution is 5.90. The number of hydrogen-bond acceptors (Lipinski definition) is 13. The molecule has 0 aromatic heterocycles. The Morgan fingerprint density at radius 1 is 0.710 bits per heavy atom. The molecule has 350 valence electrons. The van der Waals surface area contributed by atoms with Gasteiger partial charge in [-0.3, -0.25) is 0 Å². The number of azide groups is 1. The number of carbonyl (C=O) groups is 4. The lowest BCUT2D eigenvalue weighted by atomic mass is 9.84. The SMILES string of the molecule is CCC(CC)O[C@@H]1C=C(C(=O)O)C[C@H](N)[C@H]1C.CCC(CC)O[C@@H]1C=C(C(=O)OC)C[C@@H](O)[C@H]1C.COC(=O)C1=C[C@@H]2C[C@@H]2[C@H](C)C1.COC(=O)C1=C[C@H](N=[N+]=[N-])[C@@H](O)[C@H](C)C1. The quantitative estimate of drug-likeness (QED) is 0.0483. The number of aliphatic carboxylic acids is 1. The normalized spacial score (nSPS) is 30.8. The van der Waals surface area contributed by atoms with Crippen molar-refractivity contribution >= 4 is 23.9 Å². The van der Waals surface area contributed by atoms with Crippen LogP contribution >= 0.6 is 0 Å². The molecule has 0 aliphatic heterocycles. The van der Waals surface area contributed by atoms with E-state index in [0.717, 1.165) is 43.6 Å². The molecule has 16 nitrogen and oxygen atoms in total. The average molecular weight is 875 g/mol. The van der Waals surface area contributed by atoms with Crippen LogP contribution in [-0.2, 0) is 42.9 Å². The first-order valence-electron chi connectivity index (χ1n) is 22.1. The standard InChI is InChI=1S/C14H24O4.C13H23NO3.C10H14O2.C9H13N3O3/c1-5-11(6-2)18-13-8-10(14(16)17-4)7-12(15)9(13)3;1-4-10(5-2)17-12-7-9(13(15)16)6-11(14)8(12)3;1-6-3-8(10(11)12-2)4-7-5-9(6)7;1-5-3-6(9(14)15-2)4-7(8(5)13)11-12-10/h8-9,11-13,15H,5-7H2,1-4H3;7-8,10-12H,4-6,14H2,1-3H3,(H,15,16);4,6-7,9H,3,5H2,1-2H3;4-5,7-8,13H,3H2,1-2H3/t9-,12-,13-;8-,11+,12-;6-,7-,9-;5-,7+,8+/m1111/s1. The van der Waals surface area contributed by atoms with Crippen molar-refractivity contribution in [2.75, 3.05) is 21.3 Å². The Balaban J connectivity index is 0.000000287. The van der Waals surface area contributed by atoms with Gasteiger partial charge in [0.2, 0.25) is 0 Å². The van der Waals surface area contributed by atoms with Crippen LogP contribution in [-0.4, -0.2) is 109 Å². The molecule has 0 unspecified atom stereocenters. The molecule has 1 saturated carbocycles. The second kappa shape index (κ2) is 26.5. The zero-order valence-corrected chi connectivity index (χ0v) is 38.7. The van der Waals surface area contributed by atoms with Crippen molar-refractivity contribution in [1.82, 2.24) is 0 Å². The first-order chi connectivity index (χ1) is 29.3. The predicted octanol–water partition coefficient (Wildman–Crippen LogP) is 6.93. The van der Waals surface area contributed by atoms with E-state index in [2.05, 4.69) is 55.5 Å². The maximum absolute atomic E-state index is 11.5. The minimum absolute atomic E-state index is 0.000920. The summed E-state index contributed by atoms with van der Waals surface area (Å²) in [6.07, 6.45) is 12.9. The molecule has 62 heavy (non-hydrogen) atoms. The van der Waals surface area contributed by atoms with E-state index in [1.165, 1.54) is 33.8 Å². The van der Waals surface area contributed by atoms with Crippen LogP contribution in [0.5, 0.6) is 0 Å². The molecule has 0 radical (unpaired) electrons. The first kappa shape index (κ1) is 54.1. The molecule has 5 N–H and O–H groups in total. The molecule has 5 aliphatic rings. The summed E-state index contributed by atoms with van der Waals surface area (Å²) in [4.78, 5) is 47.6. The monoisotopic (exact) mass is 875 g/mol. The Bertz CT molecular complexity index is 1660. The van der Waals surface area contributed by atoms with Crippen molar-refractivity contribution in [3.63, 3.8) is 0 Å². The third-order valence-electron chi connectivity index (χ3n) is 12.7. The smallest absolute Gasteiger partial charge is 0.333 e. The highest BCUT2D eigenvalue weighted by atomic mass is 16.5. The van der Waals surface area contributed by atoms with Crippen molar-refractivity contribution in [3.05, 3.63) is 57.0 Å². The predicted molar refractivity (Wildman–Crippen MR) is 234 cm³/mol. The van der Waals surface area contributed by atoms with Crippen LogP contribution in [0.2, 0.25) is 0 Å². The third-order valence-corrected chi connectivity index (χ3v) is 12.7. The number of rotatable bonds is 13. The van der Waals surface area contributed by atoms with Crippen molar-refractivity contribution in [2.45, 2.75) is 162 Å². The highest BCUT2D eigenvalue weighted by Gasteiger charge is 2.44. The number of carboxylic acid groups (broad SMARTS) is 1. The largest absolute Gasteiger partial charge is 0.478 e. The van der Waals surface area contributed by atoms with Gasteiger partial charge in [0.15, 0.2) is 0 Å². The van der Waals surface area contributed by atoms with Gasteiger partial charge in [-0.2, -0.15) is 0 Å². The van der Waals surface area contributed by atoms with Gasteiger partial charge in [0.1, 0.15) is 0 Å². The summed E-state index contributed by atoms with van der Waals surface area (Å²) in [6.45, 7) is 16.3. The fourth-order valence-corrected chi connectivity index (χ4v) is 8.13. The molecular formula is C46H74N4O12. The number of ether oxygens (including phenoxy) is 5. The van der Waals surface area contributed by atoms with Crippen molar-refractivity contribution in [1.29, 1.82) is 0 Å². The van der Waals surface area contributed by atoms with Gasteiger partial charge in [-0.25, -0.2) is 19.2 Å². The summed E-state index contributed by atoms with van der Waals surface area (Å²) in [6, 6.07) is -0.821. The van der Waals surface area contributed by atoms with Crippen LogP contribution in [0.3, 0.4) is 0 Å². The lowest BCUT2D eigenvalue weighted by molar-refractivity contribution is -0.138. The maximum Gasteiger partial charge on any atom is 0.333 e. The topological polar surface area (TPSA) is 250 Å². The van der Waals surface area contributed by atoms with Gasteiger partial charge in [0.25, 0.3) is 0 Å². The number of hydrogen-bond donors (Lipinski definition) is 4. The van der Waals surface area contributed by atoms with Gasteiger partial charge < -0.3 is 44.7 Å². The van der Waals surface area contributed by atoms with Crippen LogP contribution in [0.1, 0.15) is 113 Å². The summed E-state index contributed by atoms with van der Waals surface area (Å²) in [5.41, 5.74) is 16.5. The van der Waals surface area contributed by atoms with Crippen LogP contribution in [0, 0.1) is 35.5 Å². The fraction of sp³-hybridized carbons (Fsp3) is 0.739. The number of nitrogens with two attached hydrogens (primary N) is 1. The molecule has 0 aromatic rings. The molecule has 12 atom stereocenters. The molecule has 0 spiro atoms. The Morgan fingerprint density at radius 2 is 1.16 bits per heavy atom. The minimum Gasteiger partial charge on any atom is -0.478 e. The van der Waals surface area contributed by atoms with Crippen LogP contribution in [0.4, 0.5) is 0 Å². The molecule has 5 rings (SSSR count). The zero-order chi connectivity index (χ0) is 46.8. The van der Waals surface area contributed by atoms with Crippen molar-refractivity contribution < 1.29 is 58.2 Å². The molecule has 5 aliphatic carbocycles. The molecule has 0 saturated heterocycles. The zero-order valence-electron chi connectivity index (χ0n) is 38.7. The Morgan fingerprint density at radius 3 is 1.61 bits per heavy atom. The average Bonchev–Trinajstić information content (AvgIpc) is 4.06. The van der Waals surface area contributed by atoms with Crippen molar-refractivity contribution in [3.8, 4) is 0 Å². The van der Waals surface area contributed by atoms with E-state index in [4.69, 9.17) is 35.3 Å². The molecule has 0 amide bonds. The van der Waals surface area contributed by atoms with Crippen LogP contribution < -0.4 is 5.73 Å². The van der Waals surface area contributed by atoms with Gasteiger partial charge in [-0.1, -0.05) is 72.7 Å². The third kappa shape index (κ3) is 15.9. The summed E-state index contributed by atoms with van der Waals surface area (Å²) >= 11 is 0. The van der Waals surface area contributed by atoms with E-state index in [9.17, 15) is 29.4 Å². The molecule has 1 fully saturated rings. The number of nitrogens with zero attached hydrogens (tertiary/aromatic N) is 3. The van der Waals surface area contributed by atoms with E-state index in [0.29, 0.717) is 47.8 Å². The second-order valence-electron chi connectivity index (χ2n) is 17.1. The van der Waals surface area contributed by atoms with E-state index >= 15 is 0 Å². The van der Waals surface area contributed by atoms with Crippen LogP contribution in [0.25, 0.3) is 10.4 Å². The van der Waals surface area contributed by atoms with Crippen LogP contribution in [0.15, 0.2) is 51.7 Å². The number of aliphatic hydroxyl groups excluding tert-OH is 2. The number of aliphatic hydroxyl groups is 2. The van der Waals surface area contributed by atoms with Gasteiger partial charge in [0.05, 0.1) is 64.0 Å². The summed E-state index contributed by atoms with van der Waals surface area (Å²) in [7, 11) is 4.10. The van der Waals surface area contributed by atoms with E-state index < -0.39 is 30.2 Å². The van der Waals surface area contributed by atoms with E-state index in [-0.39, 0.29) is 60.2 Å². The Kier molecular flexibility index (Phi) is 23.2. The fourth-order valence-electron chi connectivity index (χ4n) is 8.13. The molecule has 16 heteroatoms. The molecular weight excluding hydrogens is 801 g/mol. The van der Waals surface area contributed by atoms with Gasteiger partial charge in [-0.05, 0) is 92.7 Å². The highest BCUT2D eigenvalue weighted by Crippen LogP contribution is 2.51. The molecule has 0 aromatic carbocycles. The first-order valence-corrected chi connectivity index (χ1v) is 22.1. The lowest BCUT2D eigenvalue weighted by Crippen LogP contribution is -2.42. The van der Waals surface area contributed by atoms with Gasteiger partial charge in [-0.15, -0.1) is 0 Å². The number of esters is 3. The number of fused-ring (bicyclic) bond motifs is 1. The van der Waals surface area contributed by atoms with Gasteiger partial charge in [0, 0.05) is 51.5 Å². The second-order valence-corrected chi connectivity index (χ2v) is 17.1. The molecule has 0 heterocycles. The number of methoxy groups -OCH3 is 3. The molecule has 0 bridgehead atoms. The minimum atomic E-state index is -0.884. The van der Waals surface area contributed by atoms with E-state index in [1.54, 1.807) is 13.0 Å². The number of carboxylic acids is 1.